The fraction of sp³-hybridized carbons (Fsp3) is 0.318. The van der Waals surface area contributed by atoms with Crippen molar-refractivity contribution in [1.82, 2.24) is 14.9 Å². The normalized spacial score (nSPS) is 17.7. The topological polar surface area (TPSA) is 84.1 Å². The van der Waals surface area contributed by atoms with E-state index in [0.717, 1.165) is 25.1 Å². The van der Waals surface area contributed by atoms with Crippen LogP contribution in [-0.4, -0.2) is 39.9 Å². The summed E-state index contributed by atoms with van der Waals surface area (Å²) < 4.78 is 53.8. The number of hydrogen-bond acceptors (Lipinski definition) is 5. The summed E-state index contributed by atoms with van der Waals surface area (Å²) in [5.74, 6) is -1.63. The first-order valence-electron chi connectivity index (χ1n) is 10.1. The first-order chi connectivity index (χ1) is 15.1. The highest BCUT2D eigenvalue weighted by Gasteiger charge is 2.35. The molecule has 32 heavy (non-hydrogen) atoms. The Morgan fingerprint density at radius 2 is 2.06 bits per heavy atom. The van der Waals surface area contributed by atoms with Crippen molar-refractivity contribution in [2.45, 2.75) is 31.6 Å². The summed E-state index contributed by atoms with van der Waals surface area (Å²) in [5, 5.41) is 3.69. The largest absolute Gasteiger partial charge is 0.419 e. The molecule has 168 valence electrons. The monoisotopic (exact) mass is 447 g/mol. The molecule has 1 aromatic heterocycles. The second-order valence-corrected chi connectivity index (χ2v) is 7.85. The van der Waals surface area contributed by atoms with Crippen molar-refractivity contribution < 1.29 is 22.4 Å². The van der Waals surface area contributed by atoms with Crippen LogP contribution in [-0.2, 0) is 6.18 Å². The Bertz CT molecular complexity index is 1170. The fourth-order valence-electron chi connectivity index (χ4n) is 3.85. The molecule has 10 heteroatoms. The minimum absolute atomic E-state index is 0.210. The van der Waals surface area contributed by atoms with Gasteiger partial charge in [-0.2, -0.15) is 13.2 Å². The number of para-hydroxylation sites is 1. The summed E-state index contributed by atoms with van der Waals surface area (Å²) in [5.41, 5.74) is 4.94. The average Bonchev–Trinajstić information content (AvgIpc) is 2.74. The Kier molecular flexibility index (Phi) is 5.72. The molecule has 1 saturated heterocycles. The van der Waals surface area contributed by atoms with E-state index >= 15 is 0 Å². The molecule has 2 heterocycles. The van der Waals surface area contributed by atoms with Crippen molar-refractivity contribution in [3.8, 4) is 0 Å². The summed E-state index contributed by atoms with van der Waals surface area (Å²) in [6.45, 7) is 3.24. The number of alkyl halides is 3. The van der Waals surface area contributed by atoms with Crippen LogP contribution in [0.2, 0.25) is 0 Å². The Balaban J connectivity index is 1.76. The first kappa shape index (κ1) is 21.9. The Labute approximate surface area is 181 Å². The van der Waals surface area contributed by atoms with E-state index in [0.29, 0.717) is 23.3 Å². The number of nitrogens with one attached hydrogen (secondary N) is 1. The third-order valence-corrected chi connectivity index (χ3v) is 5.81. The van der Waals surface area contributed by atoms with Gasteiger partial charge in [-0.15, -0.1) is 0 Å². The number of carbonyl (C=O) groups excluding carboxylic acids is 1. The molecule has 0 saturated carbocycles. The number of halogens is 4. The standard InChI is InChI=1S/C22H21F4N5O/c1-12-7-8-31(12)10-18(13-5-6-17(23)16(9-13)22(24,25)26)30-21-15-4-2-3-14(20(27)32)19(15)28-11-29-21/h2-6,9,11-12,18H,7-8,10H2,1H3,(H2,27,32)(H,28,29,30)/t12?,18-/m1/s1. The number of benzene rings is 2. The van der Waals surface area contributed by atoms with Crippen LogP contribution >= 0.6 is 0 Å². The van der Waals surface area contributed by atoms with Crippen LogP contribution in [0.3, 0.4) is 0 Å². The first-order valence-corrected chi connectivity index (χ1v) is 10.1. The molecule has 0 radical (unpaired) electrons. The smallest absolute Gasteiger partial charge is 0.366 e. The lowest BCUT2D eigenvalue weighted by Crippen LogP contribution is -2.48. The third-order valence-electron chi connectivity index (χ3n) is 5.81. The van der Waals surface area contributed by atoms with Crippen molar-refractivity contribution in [3.05, 3.63) is 65.2 Å². The zero-order valence-electron chi connectivity index (χ0n) is 17.2. The Morgan fingerprint density at radius 3 is 2.69 bits per heavy atom. The van der Waals surface area contributed by atoms with Gasteiger partial charge in [0.05, 0.1) is 22.7 Å². The third kappa shape index (κ3) is 4.22. The maximum Gasteiger partial charge on any atom is 0.419 e. The fourth-order valence-corrected chi connectivity index (χ4v) is 3.85. The van der Waals surface area contributed by atoms with Crippen molar-refractivity contribution in [1.29, 1.82) is 0 Å². The minimum atomic E-state index is -4.81. The highest BCUT2D eigenvalue weighted by Crippen LogP contribution is 2.35. The lowest BCUT2D eigenvalue weighted by molar-refractivity contribution is -0.140. The summed E-state index contributed by atoms with van der Waals surface area (Å²) in [6, 6.07) is 7.52. The molecule has 1 aliphatic heterocycles. The van der Waals surface area contributed by atoms with E-state index in [4.69, 9.17) is 5.73 Å². The van der Waals surface area contributed by atoms with E-state index in [1.807, 2.05) is 6.92 Å². The Morgan fingerprint density at radius 1 is 1.28 bits per heavy atom. The van der Waals surface area contributed by atoms with Crippen LogP contribution in [0.1, 0.15) is 40.9 Å². The molecule has 6 nitrogen and oxygen atoms in total. The quantitative estimate of drug-likeness (QED) is 0.555. The van der Waals surface area contributed by atoms with Crippen molar-refractivity contribution >= 4 is 22.6 Å². The highest BCUT2D eigenvalue weighted by molar-refractivity contribution is 6.06. The summed E-state index contributed by atoms with van der Waals surface area (Å²) in [6.07, 6.45) is -2.57. The molecule has 0 bridgehead atoms. The van der Waals surface area contributed by atoms with Gasteiger partial charge in [-0.25, -0.2) is 14.4 Å². The van der Waals surface area contributed by atoms with Crippen molar-refractivity contribution in [3.63, 3.8) is 0 Å². The molecule has 2 atom stereocenters. The van der Waals surface area contributed by atoms with E-state index in [9.17, 15) is 22.4 Å². The number of amides is 1. The molecule has 1 aliphatic rings. The maximum atomic E-state index is 13.9. The number of likely N-dealkylation sites (tertiary alicyclic amines) is 1. The van der Waals surface area contributed by atoms with E-state index in [1.165, 1.54) is 18.5 Å². The molecule has 4 rings (SSSR count). The Hall–Kier alpha value is -3.27. The van der Waals surface area contributed by atoms with E-state index < -0.39 is 29.5 Å². The van der Waals surface area contributed by atoms with Gasteiger partial charge in [0.1, 0.15) is 18.0 Å². The molecular formula is C22H21F4N5O. The number of primary amides is 1. The number of anilines is 1. The van der Waals surface area contributed by atoms with E-state index in [2.05, 4.69) is 20.2 Å². The van der Waals surface area contributed by atoms with Crippen molar-refractivity contribution in [2.24, 2.45) is 5.73 Å². The number of fused-ring (bicyclic) bond motifs is 1. The van der Waals surface area contributed by atoms with Crippen LogP contribution < -0.4 is 11.1 Å². The second-order valence-electron chi connectivity index (χ2n) is 7.85. The van der Waals surface area contributed by atoms with Crippen LogP contribution in [0.15, 0.2) is 42.7 Å². The summed E-state index contributed by atoms with van der Waals surface area (Å²) in [4.78, 5) is 22.3. The molecule has 3 N–H and O–H groups in total. The predicted molar refractivity (Wildman–Crippen MR) is 111 cm³/mol. The van der Waals surface area contributed by atoms with Crippen LogP contribution in [0.25, 0.3) is 10.9 Å². The number of carbonyl (C=O) groups is 1. The van der Waals surface area contributed by atoms with Gasteiger partial charge in [-0.3, -0.25) is 9.69 Å². The molecule has 1 unspecified atom stereocenters. The zero-order chi connectivity index (χ0) is 23.0. The molecule has 0 spiro atoms. The minimum Gasteiger partial charge on any atom is -0.366 e. The van der Waals surface area contributed by atoms with Crippen LogP contribution in [0.5, 0.6) is 0 Å². The summed E-state index contributed by atoms with van der Waals surface area (Å²) in [7, 11) is 0. The van der Waals surface area contributed by atoms with Gasteiger partial charge in [0, 0.05) is 18.0 Å². The molecular weight excluding hydrogens is 426 g/mol. The van der Waals surface area contributed by atoms with Gasteiger partial charge in [0.2, 0.25) is 0 Å². The SMILES string of the molecule is CC1CCN1C[C@@H](Nc1ncnc2c(C(N)=O)cccc12)c1ccc(F)c(C(F)(F)F)c1. The van der Waals surface area contributed by atoms with Gasteiger partial charge in [-0.1, -0.05) is 12.1 Å². The van der Waals surface area contributed by atoms with Gasteiger partial charge in [0.15, 0.2) is 0 Å². The molecule has 0 aliphatic carbocycles. The van der Waals surface area contributed by atoms with E-state index in [1.54, 1.807) is 12.1 Å². The number of nitrogens with two attached hydrogens (primary N) is 1. The summed E-state index contributed by atoms with van der Waals surface area (Å²) >= 11 is 0. The van der Waals surface area contributed by atoms with Crippen LogP contribution in [0, 0.1) is 5.82 Å². The number of aromatic nitrogens is 2. The lowest BCUT2D eigenvalue weighted by Gasteiger charge is -2.41. The number of rotatable bonds is 6. The predicted octanol–water partition coefficient (Wildman–Crippen LogP) is 4.13. The molecule has 1 amide bonds. The van der Waals surface area contributed by atoms with Gasteiger partial charge < -0.3 is 11.1 Å². The van der Waals surface area contributed by atoms with Crippen LogP contribution in [0.4, 0.5) is 23.4 Å². The number of hydrogen-bond donors (Lipinski definition) is 2. The van der Waals surface area contributed by atoms with Gasteiger partial charge in [0.25, 0.3) is 5.91 Å². The van der Waals surface area contributed by atoms with Gasteiger partial charge in [-0.05, 0) is 49.7 Å². The average molecular weight is 447 g/mol. The zero-order valence-corrected chi connectivity index (χ0v) is 17.2. The van der Waals surface area contributed by atoms with Crippen molar-refractivity contribution in [2.75, 3.05) is 18.4 Å². The molecule has 3 aromatic rings. The van der Waals surface area contributed by atoms with Gasteiger partial charge >= 0.3 is 6.18 Å². The highest BCUT2D eigenvalue weighted by atomic mass is 19.4. The lowest BCUT2D eigenvalue weighted by atomic mass is 9.98. The number of nitrogens with zero attached hydrogens (tertiary/aromatic N) is 3. The molecule has 1 fully saturated rings. The maximum absolute atomic E-state index is 13.9. The second kappa shape index (κ2) is 8.34. The molecule has 2 aromatic carbocycles. The van der Waals surface area contributed by atoms with E-state index in [-0.39, 0.29) is 17.2 Å².